The molecular weight excluding hydrogens is 356 g/mol. The third-order valence-electron chi connectivity index (χ3n) is 5.26. The fourth-order valence-corrected chi connectivity index (χ4v) is 3.82. The van der Waals surface area contributed by atoms with Crippen molar-refractivity contribution < 1.29 is 14.3 Å². The largest absolute Gasteiger partial charge is 0.466 e. The number of rotatable bonds is 7. The molecule has 1 saturated heterocycles. The zero-order valence-electron chi connectivity index (χ0n) is 16.6. The summed E-state index contributed by atoms with van der Waals surface area (Å²) in [5, 5.41) is 10.6. The quantitative estimate of drug-likeness (QED) is 0.712. The van der Waals surface area contributed by atoms with E-state index in [4.69, 9.17) is 4.74 Å². The summed E-state index contributed by atoms with van der Waals surface area (Å²) in [4.78, 5) is 25.3. The lowest BCUT2D eigenvalue weighted by Gasteiger charge is -2.24. The highest BCUT2D eigenvalue weighted by molar-refractivity contribution is 5.82. The molecule has 150 valence electrons. The number of hydrogen-bond acceptors (Lipinski definition) is 5. The van der Waals surface area contributed by atoms with Gasteiger partial charge >= 0.3 is 5.97 Å². The predicted molar refractivity (Wildman–Crippen MR) is 106 cm³/mol. The third kappa shape index (κ3) is 4.59. The summed E-state index contributed by atoms with van der Waals surface area (Å²) < 4.78 is 6.87. The van der Waals surface area contributed by atoms with Gasteiger partial charge in [0.25, 0.3) is 0 Å². The summed E-state index contributed by atoms with van der Waals surface area (Å²) >= 11 is 0. The zero-order valence-corrected chi connectivity index (χ0v) is 16.6. The number of ether oxygens (including phenoxy) is 1. The van der Waals surface area contributed by atoms with E-state index in [9.17, 15) is 9.59 Å². The van der Waals surface area contributed by atoms with Crippen molar-refractivity contribution in [3.8, 4) is 0 Å². The molecule has 1 amide bonds. The Bertz CT molecular complexity index is 833. The fraction of sp³-hybridized carbons (Fsp3) is 0.476. The lowest BCUT2D eigenvalue weighted by atomic mass is 9.89. The predicted octanol–water partition coefficient (Wildman–Crippen LogP) is 1.84. The molecule has 1 aliphatic heterocycles. The topological polar surface area (TPSA) is 85.2 Å². The molecule has 1 aliphatic rings. The summed E-state index contributed by atoms with van der Waals surface area (Å²) in [6, 6.07) is 7.38. The third-order valence-corrected chi connectivity index (χ3v) is 5.26. The van der Waals surface area contributed by atoms with E-state index >= 15 is 0 Å². The van der Waals surface area contributed by atoms with Crippen LogP contribution in [0.25, 0.3) is 0 Å². The van der Waals surface area contributed by atoms with Crippen molar-refractivity contribution in [2.45, 2.75) is 32.2 Å². The number of aromatic nitrogens is 2. The second-order valence-corrected chi connectivity index (χ2v) is 7.25. The molecule has 2 N–H and O–H groups in total. The van der Waals surface area contributed by atoms with Crippen molar-refractivity contribution in [1.82, 2.24) is 20.4 Å². The summed E-state index contributed by atoms with van der Waals surface area (Å²) in [6.07, 6.45) is 3.88. The van der Waals surface area contributed by atoms with Gasteiger partial charge in [0.1, 0.15) is 0 Å². The minimum atomic E-state index is -0.414. The molecule has 0 radical (unpaired) electrons. The molecule has 0 aliphatic carbocycles. The van der Waals surface area contributed by atoms with Crippen LogP contribution in [0.4, 0.5) is 0 Å². The number of benzene rings is 1. The maximum Gasteiger partial charge on any atom is 0.308 e. The molecule has 0 saturated carbocycles. The number of carbonyl (C=O) groups is 2. The van der Waals surface area contributed by atoms with Gasteiger partial charge < -0.3 is 15.4 Å². The van der Waals surface area contributed by atoms with Crippen LogP contribution >= 0.6 is 0 Å². The standard InChI is InChI=1S/C21H28N4O3/c1-4-28-20(26)9-19(16-8-6-5-7-14(16)2)24-21(27)18-12-22-11-17(18)15-10-23-25(3)13-15/h5-8,10,13,17-19,22H,4,9,11-12H2,1-3H3,(H,24,27)/t17-,18+,19?/m1/s1. The molecule has 3 rings (SSSR count). The lowest BCUT2D eigenvalue weighted by molar-refractivity contribution is -0.143. The molecule has 7 nitrogen and oxygen atoms in total. The van der Waals surface area contributed by atoms with Gasteiger partial charge in [-0.1, -0.05) is 24.3 Å². The number of amides is 1. The molecule has 0 spiro atoms. The van der Waals surface area contributed by atoms with Gasteiger partial charge in [0.2, 0.25) is 5.91 Å². The molecule has 2 aromatic rings. The van der Waals surface area contributed by atoms with Crippen molar-refractivity contribution in [1.29, 1.82) is 0 Å². The summed E-state index contributed by atoms with van der Waals surface area (Å²) in [5.74, 6) is -0.521. The maximum atomic E-state index is 13.1. The Labute approximate surface area is 165 Å². The average molecular weight is 384 g/mol. The van der Waals surface area contributed by atoms with E-state index in [2.05, 4.69) is 15.7 Å². The van der Waals surface area contributed by atoms with Gasteiger partial charge in [-0.3, -0.25) is 14.3 Å². The molecule has 0 bridgehead atoms. The highest BCUT2D eigenvalue weighted by Crippen LogP contribution is 2.29. The smallest absolute Gasteiger partial charge is 0.308 e. The van der Waals surface area contributed by atoms with E-state index in [1.54, 1.807) is 11.6 Å². The van der Waals surface area contributed by atoms with Crippen molar-refractivity contribution in [3.63, 3.8) is 0 Å². The monoisotopic (exact) mass is 384 g/mol. The summed E-state index contributed by atoms with van der Waals surface area (Å²) in [5.41, 5.74) is 3.02. The molecule has 1 unspecified atom stereocenters. The van der Waals surface area contributed by atoms with Crippen LogP contribution in [0.1, 0.15) is 42.0 Å². The minimum Gasteiger partial charge on any atom is -0.466 e. The van der Waals surface area contributed by atoms with Gasteiger partial charge in [-0.15, -0.1) is 0 Å². The molecule has 7 heteroatoms. The van der Waals surface area contributed by atoms with E-state index in [1.807, 2.05) is 50.6 Å². The molecular formula is C21H28N4O3. The van der Waals surface area contributed by atoms with E-state index in [-0.39, 0.29) is 30.1 Å². The van der Waals surface area contributed by atoms with Crippen LogP contribution < -0.4 is 10.6 Å². The maximum absolute atomic E-state index is 13.1. The van der Waals surface area contributed by atoms with Crippen LogP contribution in [-0.4, -0.2) is 41.4 Å². The van der Waals surface area contributed by atoms with Crippen molar-refractivity contribution in [2.75, 3.05) is 19.7 Å². The molecule has 1 aromatic carbocycles. The van der Waals surface area contributed by atoms with Gasteiger partial charge in [-0.2, -0.15) is 5.10 Å². The second kappa shape index (κ2) is 9.01. The number of aryl methyl sites for hydroxylation is 2. The molecule has 1 aromatic heterocycles. The minimum absolute atomic E-state index is 0.0589. The van der Waals surface area contributed by atoms with E-state index in [0.29, 0.717) is 13.2 Å². The Morgan fingerprint density at radius 1 is 1.36 bits per heavy atom. The Morgan fingerprint density at radius 2 is 2.14 bits per heavy atom. The normalized spacial score (nSPS) is 20.0. The number of nitrogens with one attached hydrogen (secondary N) is 2. The molecule has 28 heavy (non-hydrogen) atoms. The van der Waals surface area contributed by atoms with E-state index in [1.165, 1.54) is 0 Å². The SMILES string of the molecule is CCOC(=O)CC(NC(=O)[C@H]1CNC[C@@H]1c1cnn(C)c1)c1ccccc1C. The first-order valence-corrected chi connectivity index (χ1v) is 9.70. The van der Waals surface area contributed by atoms with Crippen LogP contribution in [0.2, 0.25) is 0 Å². The summed E-state index contributed by atoms with van der Waals surface area (Å²) in [7, 11) is 1.87. The summed E-state index contributed by atoms with van der Waals surface area (Å²) in [6.45, 7) is 5.42. The molecule has 1 fully saturated rings. The number of carbonyl (C=O) groups excluding carboxylic acids is 2. The van der Waals surface area contributed by atoms with Gasteiger partial charge in [0, 0.05) is 32.3 Å². The van der Waals surface area contributed by atoms with Crippen LogP contribution in [0, 0.1) is 12.8 Å². The number of nitrogens with zero attached hydrogens (tertiary/aromatic N) is 2. The zero-order chi connectivity index (χ0) is 20.1. The van der Waals surface area contributed by atoms with Gasteiger partial charge in [-0.25, -0.2) is 0 Å². The van der Waals surface area contributed by atoms with Crippen LogP contribution in [-0.2, 0) is 21.4 Å². The Hall–Kier alpha value is -2.67. The van der Waals surface area contributed by atoms with E-state index < -0.39 is 6.04 Å². The Kier molecular flexibility index (Phi) is 6.46. The first-order chi connectivity index (χ1) is 13.5. The van der Waals surface area contributed by atoms with Crippen LogP contribution in [0.15, 0.2) is 36.7 Å². The van der Waals surface area contributed by atoms with Crippen molar-refractivity contribution in [2.24, 2.45) is 13.0 Å². The van der Waals surface area contributed by atoms with Crippen LogP contribution in [0.5, 0.6) is 0 Å². The van der Waals surface area contributed by atoms with E-state index in [0.717, 1.165) is 23.2 Å². The van der Waals surface area contributed by atoms with Gasteiger partial charge in [0.15, 0.2) is 0 Å². The Morgan fingerprint density at radius 3 is 2.82 bits per heavy atom. The molecule has 3 atom stereocenters. The molecule has 2 heterocycles. The van der Waals surface area contributed by atoms with Crippen LogP contribution in [0.3, 0.4) is 0 Å². The van der Waals surface area contributed by atoms with Crippen molar-refractivity contribution in [3.05, 3.63) is 53.3 Å². The Balaban J connectivity index is 1.78. The number of esters is 1. The van der Waals surface area contributed by atoms with Gasteiger partial charge in [0.05, 0.1) is 31.2 Å². The average Bonchev–Trinajstić information content (AvgIpc) is 3.30. The number of hydrogen-bond donors (Lipinski definition) is 2. The van der Waals surface area contributed by atoms with Gasteiger partial charge in [-0.05, 0) is 30.5 Å². The lowest BCUT2D eigenvalue weighted by Crippen LogP contribution is -2.38. The van der Waals surface area contributed by atoms with Crippen molar-refractivity contribution >= 4 is 11.9 Å². The second-order valence-electron chi connectivity index (χ2n) is 7.25. The fourth-order valence-electron chi connectivity index (χ4n) is 3.82. The highest BCUT2D eigenvalue weighted by Gasteiger charge is 2.36. The first-order valence-electron chi connectivity index (χ1n) is 9.70. The first kappa shape index (κ1) is 20.1. The highest BCUT2D eigenvalue weighted by atomic mass is 16.5.